The van der Waals surface area contributed by atoms with Gasteiger partial charge in [0.25, 0.3) is 0 Å². The van der Waals surface area contributed by atoms with Gasteiger partial charge in [0, 0.05) is 40.7 Å². The molecular weight excluding hydrogens is 433 g/mol. The molecule has 2 aromatic carbocycles. The number of nitrogens with two attached hydrogens (primary N) is 2. The summed E-state index contributed by atoms with van der Waals surface area (Å²) in [5.74, 6) is 6.25. The van der Waals surface area contributed by atoms with Crippen molar-refractivity contribution in [2.45, 2.75) is 6.18 Å². The highest BCUT2D eigenvalue weighted by Crippen LogP contribution is 2.33. The highest BCUT2D eigenvalue weighted by Gasteiger charge is 2.34. The van der Waals surface area contributed by atoms with E-state index in [4.69, 9.17) is 16.7 Å². The van der Waals surface area contributed by atoms with Crippen LogP contribution in [-0.4, -0.2) is 25.8 Å². The molecule has 0 spiro atoms. The Labute approximate surface area is 186 Å². The summed E-state index contributed by atoms with van der Waals surface area (Å²) in [5.41, 5.74) is 13.1. The first-order valence-corrected chi connectivity index (χ1v) is 9.57. The molecule has 0 fully saturated rings. The summed E-state index contributed by atoms with van der Waals surface area (Å²) in [4.78, 5) is 4.17. The van der Waals surface area contributed by atoms with E-state index in [1.807, 2.05) is 0 Å². The fourth-order valence-electron chi connectivity index (χ4n) is 3.35. The van der Waals surface area contributed by atoms with Crippen molar-refractivity contribution in [1.29, 1.82) is 0 Å². The van der Waals surface area contributed by atoms with Gasteiger partial charge in [-0.05, 0) is 30.3 Å². The van der Waals surface area contributed by atoms with Crippen LogP contribution in [0.2, 0.25) is 0 Å². The van der Waals surface area contributed by atoms with Crippen molar-refractivity contribution in [3.63, 3.8) is 0 Å². The van der Waals surface area contributed by atoms with E-state index in [0.717, 1.165) is 6.07 Å². The first-order valence-electron chi connectivity index (χ1n) is 9.57. The molecule has 0 aliphatic heterocycles. The lowest BCUT2D eigenvalue weighted by Gasteiger charge is -2.07. The fourth-order valence-corrected chi connectivity index (χ4v) is 3.35. The van der Waals surface area contributed by atoms with Crippen LogP contribution in [0.4, 0.5) is 19.0 Å². The van der Waals surface area contributed by atoms with E-state index in [2.05, 4.69) is 27.1 Å². The first-order chi connectivity index (χ1) is 15.7. The molecule has 2 heterocycles. The Morgan fingerprint density at radius 3 is 2.58 bits per heavy atom. The van der Waals surface area contributed by atoms with Crippen LogP contribution in [0.3, 0.4) is 0 Å². The van der Waals surface area contributed by atoms with Gasteiger partial charge in [0.15, 0.2) is 11.5 Å². The summed E-state index contributed by atoms with van der Waals surface area (Å²) in [5, 5.41) is 16.7. The van der Waals surface area contributed by atoms with Crippen LogP contribution in [0.25, 0.3) is 22.0 Å². The Bertz CT molecular complexity index is 1460. The molecule has 0 bridgehead atoms. The maximum Gasteiger partial charge on any atom is 0.435 e. The number of aromatic nitrogens is 3. The second-order valence-corrected chi connectivity index (χ2v) is 7.17. The van der Waals surface area contributed by atoms with Crippen molar-refractivity contribution in [3.8, 4) is 23.1 Å². The number of aryl methyl sites for hydroxylation is 1. The number of nitrogens with zero attached hydrogens (tertiary/aromatic N) is 4. The smallest absolute Gasteiger partial charge is 0.409 e. The van der Waals surface area contributed by atoms with Gasteiger partial charge in [-0.1, -0.05) is 35.2 Å². The van der Waals surface area contributed by atoms with E-state index in [0.29, 0.717) is 38.7 Å². The molecule has 0 aliphatic rings. The molecule has 33 heavy (non-hydrogen) atoms. The van der Waals surface area contributed by atoms with Gasteiger partial charge in [-0.25, -0.2) is 4.98 Å². The summed E-state index contributed by atoms with van der Waals surface area (Å²) in [7, 11) is 1.45. The molecular formula is C23H17F3N6O. The molecule has 7 nitrogen and oxygen atoms in total. The third kappa shape index (κ3) is 4.29. The van der Waals surface area contributed by atoms with Crippen molar-refractivity contribution < 1.29 is 18.4 Å². The average molecular weight is 450 g/mol. The summed E-state index contributed by atoms with van der Waals surface area (Å²) >= 11 is 0. The number of oxime groups is 1. The molecule has 166 valence electrons. The molecule has 0 radical (unpaired) electrons. The molecule has 0 atom stereocenters. The minimum atomic E-state index is -4.55. The second kappa shape index (κ2) is 8.20. The first kappa shape index (κ1) is 21.7. The molecule has 10 heteroatoms. The number of amidine groups is 1. The maximum absolute atomic E-state index is 13.1. The zero-order valence-corrected chi connectivity index (χ0v) is 17.2. The van der Waals surface area contributed by atoms with Crippen LogP contribution in [0.5, 0.6) is 0 Å². The van der Waals surface area contributed by atoms with E-state index < -0.39 is 11.9 Å². The molecule has 0 aliphatic carbocycles. The van der Waals surface area contributed by atoms with Crippen molar-refractivity contribution in [2.75, 3.05) is 5.73 Å². The Morgan fingerprint density at radius 2 is 1.88 bits per heavy atom. The van der Waals surface area contributed by atoms with E-state index >= 15 is 0 Å². The summed E-state index contributed by atoms with van der Waals surface area (Å²) < 4.78 is 40.4. The predicted octanol–water partition coefficient (Wildman–Crippen LogP) is 3.73. The van der Waals surface area contributed by atoms with E-state index in [1.54, 1.807) is 42.5 Å². The van der Waals surface area contributed by atoms with Crippen molar-refractivity contribution in [2.24, 2.45) is 17.9 Å². The zero-order valence-electron chi connectivity index (χ0n) is 17.2. The highest BCUT2D eigenvalue weighted by atomic mass is 19.4. The van der Waals surface area contributed by atoms with Crippen molar-refractivity contribution in [1.82, 2.24) is 14.8 Å². The molecule has 0 unspecified atom stereocenters. The molecule has 4 rings (SSSR count). The van der Waals surface area contributed by atoms with Gasteiger partial charge in [-0.2, -0.15) is 18.3 Å². The topological polar surface area (TPSA) is 115 Å². The zero-order chi connectivity index (χ0) is 23.8. The van der Waals surface area contributed by atoms with Crippen LogP contribution in [0.1, 0.15) is 22.4 Å². The SMILES string of the molecule is Cn1nc(C(F)(F)F)cc1-c1ccc2c(N)ncc(C#Cc3cccc(C(N)=NO)c3)c2c1. The van der Waals surface area contributed by atoms with E-state index in [9.17, 15) is 13.2 Å². The fraction of sp³-hybridized carbons (Fsp3) is 0.0870. The number of hydrogen-bond donors (Lipinski definition) is 3. The summed E-state index contributed by atoms with van der Waals surface area (Å²) in [6, 6.07) is 12.9. The van der Waals surface area contributed by atoms with Gasteiger partial charge in [-0.3, -0.25) is 4.68 Å². The lowest BCUT2D eigenvalue weighted by Crippen LogP contribution is -2.12. The van der Waals surface area contributed by atoms with Crippen molar-refractivity contribution in [3.05, 3.63) is 77.1 Å². The number of anilines is 1. The third-order valence-corrected chi connectivity index (χ3v) is 4.99. The summed E-state index contributed by atoms with van der Waals surface area (Å²) in [6.45, 7) is 0. The van der Waals surface area contributed by atoms with E-state index in [-0.39, 0.29) is 11.7 Å². The van der Waals surface area contributed by atoms with Crippen LogP contribution < -0.4 is 11.5 Å². The van der Waals surface area contributed by atoms with Crippen LogP contribution in [0.15, 0.2) is 59.9 Å². The Morgan fingerprint density at radius 1 is 1.09 bits per heavy atom. The number of pyridine rings is 1. The van der Waals surface area contributed by atoms with Crippen LogP contribution in [-0.2, 0) is 13.2 Å². The number of nitrogen functional groups attached to an aromatic ring is 1. The number of rotatable bonds is 2. The third-order valence-electron chi connectivity index (χ3n) is 4.99. The monoisotopic (exact) mass is 450 g/mol. The second-order valence-electron chi connectivity index (χ2n) is 7.17. The Balaban J connectivity index is 1.82. The Kier molecular flexibility index (Phi) is 5.39. The van der Waals surface area contributed by atoms with Gasteiger partial charge < -0.3 is 16.7 Å². The molecule has 0 saturated heterocycles. The van der Waals surface area contributed by atoms with Gasteiger partial charge in [0.1, 0.15) is 5.82 Å². The molecule has 4 aromatic rings. The van der Waals surface area contributed by atoms with Gasteiger partial charge >= 0.3 is 6.18 Å². The minimum absolute atomic E-state index is 0.0442. The molecule has 5 N–H and O–H groups in total. The Hall–Kier alpha value is -4.52. The minimum Gasteiger partial charge on any atom is -0.409 e. The van der Waals surface area contributed by atoms with Gasteiger partial charge in [-0.15, -0.1) is 0 Å². The standard InChI is InChI=1S/C23H17F3N6O/c1-32-19(11-20(30-32)23(24,25)26)14-7-8-17-18(10-14)16(12-29-22(17)28)6-5-13-3-2-4-15(9-13)21(27)31-33/h2-4,7-12,33H,1H3,(H2,27,31)(H2,28,29). The van der Waals surface area contributed by atoms with Gasteiger partial charge in [0.05, 0.1) is 11.3 Å². The molecule has 0 amide bonds. The maximum atomic E-state index is 13.1. The lowest BCUT2D eigenvalue weighted by molar-refractivity contribution is -0.141. The summed E-state index contributed by atoms with van der Waals surface area (Å²) in [6.07, 6.45) is -3.04. The lowest BCUT2D eigenvalue weighted by atomic mass is 10.0. The van der Waals surface area contributed by atoms with E-state index in [1.165, 1.54) is 17.9 Å². The largest absolute Gasteiger partial charge is 0.435 e. The normalized spacial score (nSPS) is 11.9. The predicted molar refractivity (Wildman–Crippen MR) is 118 cm³/mol. The number of halogens is 3. The number of hydrogen-bond acceptors (Lipinski definition) is 5. The molecule has 2 aromatic heterocycles. The van der Waals surface area contributed by atoms with Crippen molar-refractivity contribution >= 4 is 22.4 Å². The average Bonchev–Trinajstić information content (AvgIpc) is 3.20. The number of fused-ring (bicyclic) bond motifs is 1. The number of benzene rings is 2. The molecule has 0 saturated carbocycles. The van der Waals surface area contributed by atoms with Gasteiger partial charge in [0.2, 0.25) is 0 Å². The van der Waals surface area contributed by atoms with Crippen LogP contribution in [0, 0.1) is 11.8 Å². The highest BCUT2D eigenvalue weighted by molar-refractivity contribution is 5.98. The number of alkyl halides is 3. The quantitative estimate of drug-likeness (QED) is 0.142. The van der Waals surface area contributed by atoms with Crippen LogP contribution >= 0.6 is 0 Å².